The van der Waals surface area contributed by atoms with Gasteiger partial charge in [0.25, 0.3) is 0 Å². The predicted octanol–water partition coefficient (Wildman–Crippen LogP) is 4.50. The maximum absolute atomic E-state index is 13.8. The van der Waals surface area contributed by atoms with Crippen molar-refractivity contribution < 1.29 is 27.5 Å². The Morgan fingerprint density at radius 2 is 1.61 bits per heavy atom. The first-order chi connectivity index (χ1) is 17.9. The van der Waals surface area contributed by atoms with Crippen molar-refractivity contribution in [3.8, 4) is 11.5 Å². The Morgan fingerprint density at radius 1 is 1.00 bits per heavy atom. The van der Waals surface area contributed by atoms with E-state index in [1.807, 2.05) is 13.8 Å². The Bertz CT molecular complexity index is 1220. The second-order valence-electron chi connectivity index (χ2n) is 8.77. The lowest BCUT2D eigenvalue weighted by Crippen LogP contribution is -2.53. The number of halogens is 2. The number of methoxy groups -OCH3 is 2. The zero-order chi connectivity index (χ0) is 28.6. The molecule has 2 aromatic carbocycles. The summed E-state index contributed by atoms with van der Waals surface area (Å²) in [4.78, 5) is 28.4. The summed E-state index contributed by atoms with van der Waals surface area (Å²) in [6.07, 6.45) is 1.98. The van der Waals surface area contributed by atoms with Crippen LogP contribution < -0.4 is 19.1 Å². The summed E-state index contributed by atoms with van der Waals surface area (Å²) in [5.74, 6) is -0.258. The van der Waals surface area contributed by atoms with Crippen LogP contribution in [-0.4, -0.2) is 64.2 Å². The van der Waals surface area contributed by atoms with Gasteiger partial charge in [-0.15, -0.1) is 0 Å². The van der Waals surface area contributed by atoms with Crippen molar-refractivity contribution >= 4 is 50.7 Å². The fourth-order valence-corrected chi connectivity index (χ4v) is 5.17. The highest BCUT2D eigenvalue weighted by Crippen LogP contribution is 2.33. The molecule has 0 aliphatic carbocycles. The molecule has 0 saturated heterocycles. The van der Waals surface area contributed by atoms with Crippen LogP contribution in [0.1, 0.15) is 39.2 Å². The van der Waals surface area contributed by atoms with E-state index in [9.17, 15) is 18.0 Å². The molecule has 2 amide bonds. The van der Waals surface area contributed by atoms with Crippen LogP contribution in [0.2, 0.25) is 10.0 Å². The van der Waals surface area contributed by atoms with Crippen LogP contribution in [0.3, 0.4) is 0 Å². The van der Waals surface area contributed by atoms with Gasteiger partial charge in [0.1, 0.15) is 12.6 Å². The van der Waals surface area contributed by atoms with Crippen molar-refractivity contribution in [2.45, 2.75) is 52.2 Å². The minimum absolute atomic E-state index is 0.0900. The van der Waals surface area contributed by atoms with Crippen molar-refractivity contribution in [2.24, 2.45) is 0 Å². The van der Waals surface area contributed by atoms with Crippen LogP contribution in [0.4, 0.5) is 5.69 Å². The minimum atomic E-state index is -3.92. The molecule has 2 atom stereocenters. The van der Waals surface area contributed by atoms with E-state index < -0.39 is 28.5 Å². The monoisotopic (exact) mass is 587 g/mol. The molecule has 0 aromatic heterocycles. The molecule has 0 heterocycles. The number of rotatable bonds is 13. The highest BCUT2D eigenvalue weighted by atomic mass is 35.5. The molecule has 2 aromatic rings. The van der Waals surface area contributed by atoms with E-state index in [2.05, 4.69) is 5.32 Å². The summed E-state index contributed by atoms with van der Waals surface area (Å²) in [5, 5.41) is 3.57. The molecule has 0 saturated carbocycles. The van der Waals surface area contributed by atoms with Gasteiger partial charge in [-0.1, -0.05) is 43.1 Å². The second kappa shape index (κ2) is 13.9. The van der Waals surface area contributed by atoms with Crippen LogP contribution in [0.15, 0.2) is 36.4 Å². The number of benzene rings is 2. The quantitative estimate of drug-likeness (QED) is 0.370. The topological polar surface area (TPSA) is 105 Å². The third-order valence-electron chi connectivity index (χ3n) is 6.11. The number of nitrogens with zero attached hydrogens (tertiary/aromatic N) is 2. The first-order valence-corrected chi connectivity index (χ1v) is 14.7. The van der Waals surface area contributed by atoms with Crippen LogP contribution in [0, 0.1) is 0 Å². The summed E-state index contributed by atoms with van der Waals surface area (Å²) in [5.41, 5.74) is 0.655. The van der Waals surface area contributed by atoms with Gasteiger partial charge in [-0.25, -0.2) is 8.42 Å². The lowest BCUT2D eigenvalue weighted by molar-refractivity contribution is -0.140. The van der Waals surface area contributed by atoms with E-state index in [4.69, 9.17) is 32.7 Å². The average molecular weight is 589 g/mol. The molecule has 1 N–H and O–H groups in total. The molecule has 2 rings (SSSR count). The Labute approximate surface area is 235 Å². The van der Waals surface area contributed by atoms with Gasteiger partial charge in [-0.05, 0) is 44.0 Å². The highest BCUT2D eigenvalue weighted by Gasteiger charge is 2.33. The Hall–Kier alpha value is -2.69. The molecule has 9 nitrogen and oxygen atoms in total. The van der Waals surface area contributed by atoms with Crippen LogP contribution in [0.25, 0.3) is 0 Å². The largest absolute Gasteiger partial charge is 0.493 e. The average Bonchev–Trinajstić information content (AvgIpc) is 2.87. The molecule has 0 radical (unpaired) electrons. The van der Waals surface area contributed by atoms with Gasteiger partial charge in [0, 0.05) is 34.3 Å². The number of hydrogen-bond acceptors (Lipinski definition) is 6. The third kappa shape index (κ3) is 7.91. The number of ether oxygens (including phenoxy) is 2. The fourth-order valence-electron chi connectivity index (χ4n) is 3.81. The second-order valence-corrected chi connectivity index (χ2v) is 11.5. The molecule has 0 bridgehead atoms. The van der Waals surface area contributed by atoms with Gasteiger partial charge in [0.15, 0.2) is 11.5 Å². The zero-order valence-electron chi connectivity index (χ0n) is 22.5. The fraction of sp³-hybridized carbons (Fsp3) is 0.462. The normalized spacial score (nSPS) is 12.8. The van der Waals surface area contributed by atoms with E-state index in [0.29, 0.717) is 33.5 Å². The van der Waals surface area contributed by atoms with Crippen molar-refractivity contribution in [3.63, 3.8) is 0 Å². The van der Waals surface area contributed by atoms with Gasteiger partial charge < -0.3 is 19.7 Å². The predicted molar refractivity (Wildman–Crippen MR) is 151 cm³/mol. The van der Waals surface area contributed by atoms with Gasteiger partial charge in [-0.2, -0.15) is 0 Å². The highest BCUT2D eigenvalue weighted by molar-refractivity contribution is 7.92. The SMILES string of the molecule is CC[C@@H](C)NC(=O)[C@H](CC)N(Cc1c(Cl)cccc1Cl)C(=O)CN(c1ccc(OC)c(OC)c1)S(C)(=O)=O. The minimum Gasteiger partial charge on any atom is -0.493 e. The van der Waals surface area contributed by atoms with Crippen molar-refractivity contribution in [3.05, 3.63) is 52.0 Å². The molecule has 0 spiro atoms. The molecule has 210 valence electrons. The van der Waals surface area contributed by atoms with Crippen LogP contribution in [-0.2, 0) is 26.2 Å². The van der Waals surface area contributed by atoms with Crippen molar-refractivity contribution in [2.75, 3.05) is 31.3 Å². The number of sulfonamides is 1. The summed E-state index contributed by atoms with van der Waals surface area (Å²) in [6, 6.07) is 8.47. The summed E-state index contributed by atoms with van der Waals surface area (Å²) in [6.45, 7) is 4.92. The summed E-state index contributed by atoms with van der Waals surface area (Å²) in [7, 11) is -1.03. The van der Waals surface area contributed by atoms with E-state index >= 15 is 0 Å². The van der Waals surface area contributed by atoms with Crippen LogP contribution >= 0.6 is 23.2 Å². The Balaban J connectivity index is 2.55. The van der Waals surface area contributed by atoms with E-state index in [1.165, 1.54) is 31.3 Å². The van der Waals surface area contributed by atoms with Gasteiger partial charge in [0.2, 0.25) is 21.8 Å². The maximum Gasteiger partial charge on any atom is 0.244 e. The molecule has 0 aliphatic heterocycles. The lowest BCUT2D eigenvalue weighted by atomic mass is 10.1. The van der Waals surface area contributed by atoms with Gasteiger partial charge >= 0.3 is 0 Å². The summed E-state index contributed by atoms with van der Waals surface area (Å²) < 4.78 is 37.2. The maximum atomic E-state index is 13.8. The molecule has 0 unspecified atom stereocenters. The number of hydrogen-bond donors (Lipinski definition) is 1. The summed E-state index contributed by atoms with van der Waals surface area (Å²) >= 11 is 12.8. The van der Waals surface area contributed by atoms with Gasteiger partial charge in [0.05, 0.1) is 26.2 Å². The molecule has 0 fully saturated rings. The van der Waals surface area contributed by atoms with Gasteiger partial charge in [-0.3, -0.25) is 13.9 Å². The van der Waals surface area contributed by atoms with E-state index in [1.54, 1.807) is 31.2 Å². The van der Waals surface area contributed by atoms with Crippen molar-refractivity contribution in [1.82, 2.24) is 10.2 Å². The lowest BCUT2D eigenvalue weighted by Gasteiger charge is -2.33. The molecule has 12 heteroatoms. The van der Waals surface area contributed by atoms with E-state index in [0.717, 1.165) is 10.6 Å². The third-order valence-corrected chi connectivity index (χ3v) is 7.96. The smallest absolute Gasteiger partial charge is 0.244 e. The Kier molecular flexibility index (Phi) is 11.5. The first-order valence-electron chi connectivity index (χ1n) is 12.1. The van der Waals surface area contributed by atoms with Crippen molar-refractivity contribution in [1.29, 1.82) is 0 Å². The zero-order valence-corrected chi connectivity index (χ0v) is 24.8. The Morgan fingerprint density at radius 3 is 2.11 bits per heavy atom. The molecular weight excluding hydrogens is 553 g/mol. The number of carbonyl (C=O) groups is 2. The standard InChI is InChI=1S/C26H35Cl2N3O6S/c1-7-17(3)29-26(33)22(8-2)30(15-19-20(27)10-9-11-21(19)28)25(32)16-31(38(6,34)35)18-12-13-23(36-4)24(14-18)37-5/h9-14,17,22H,7-8,15-16H2,1-6H3,(H,29,33)/t17-,22+/m1/s1. The number of anilines is 1. The number of carbonyl (C=O) groups excluding carboxylic acids is 2. The molecule has 38 heavy (non-hydrogen) atoms. The first kappa shape index (κ1) is 31.5. The molecule has 0 aliphatic rings. The van der Waals surface area contributed by atoms with E-state index in [-0.39, 0.29) is 30.6 Å². The number of nitrogens with one attached hydrogen (secondary N) is 1. The number of amides is 2. The van der Waals surface area contributed by atoms with Crippen LogP contribution in [0.5, 0.6) is 11.5 Å². The molecular formula is C26H35Cl2N3O6S.